The lowest BCUT2D eigenvalue weighted by molar-refractivity contribution is 0.211. The highest BCUT2D eigenvalue weighted by atomic mass is 32.1. The summed E-state index contributed by atoms with van der Waals surface area (Å²) in [7, 11) is 0. The second-order valence-electron chi connectivity index (χ2n) is 3.94. The summed E-state index contributed by atoms with van der Waals surface area (Å²) < 4.78 is 1.77. The van der Waals surface area contributed by atoms with E-state index in [0.29, 0.717) is 0 Å². The molecule has 1 unspecified atom stereocenters. The molecular weight excluding hydrogens is 234 g/mol. The molecule has 0 aliphatic heterocycles. The molecule has 0 saturated heterocycles. The van der Waals surface area contributed by atoms with Gasteiger partial charge in [-0.1, -0.05) is 19.1 Å². The molecule has 2 aromatic heterocycles. The molecule has 5 heteroatoms. The van der Waals surface area contributed by atoms with Crippen LogP contribution >= 0.6 is 11.3 Å². The summed E-state index contributed by atoms with van der Waals surface area (Å²) in [6, 6.07) is 4.05. The number of thiophene rings is 1. The Hall–Kier alpha value is -1.20. The third-order valence-corrected chi connectivity index (χ3v) is 3.95. The molecule has 2 rings (SSSR count). The van der Waals surface area contributed by atoms with Gasteiger partial charge in [0.25, 0.3) is 0 Å². The summed E-state index contributed by atoms with van der Waals surface area (Å²) in [5.41, 5.74) is 0.774. The van der Waals surface area contributed by atoms with Crippen LogP contribution in [0, 0.1) is 0 Å². The van der Waals surface area contributed by atoms with E-state index in [2.05, 4.69) is 30.2 Å². The van der Waals surface area contributed by atoms with Crippen LogP contribution in [0.3, 0.4) is 0 Å². The van der Waals surface area contributed by atoms with Gasteiger partial charge < -0.3 is 5.11 Å². The summed E-state index contributed by atoms with van der Waals surface area (Å²) in [6.45, 7) is 4.99. The summed E-state index contributed by atoms with van der Waals surface area (Å²) in [5, 5.41) is 18.2. The fourth-order valence-electron chi connectivity index (χ4n) is 1.74. The number of nitrogens with zero attached hydrogens (tertiary/aromatic N) is 3. The Balaban J connectivity index is 2.23. The first-order chi connectivity index (χ1) is 8.26. The van der Waals surface area contributed by atoms with Crippen molar-refractivity contribution in [1.82, 2.24) is 15.0 Å². The Labute approximate surface area is 105 Å². The molecule has 0 aliphatic carbocycles. The van der Waals surface area contributed by atoms with Crippen molar-refractivity contribution in [3.8, 4) is 0 Å². The normalized spacial score (nSPS) is 12.9. The van der Waals surface area contributed by atoms with Crippen LogP contribution in [0.25, 0.3) is 0 Å². The Bertz CT molecular complexity index is 478. The number of rotatable bonds is 5. The number of hydrogen-bond acceptors (Lipinski definition) is 4. The minimum atomic E-state index is -0.609. The molecule has 1 N–H and O–H groups in total. The molecular formula is C12H17N3OS. The molecule has 0 amide bonds. The van der Waals surface area contributed by atoms with Gasteiger partial charge in [0, 0.05) is 16.3 Å². The molecule has 0 aromatic carbocycles. The van der Waals surface area contributed by atoms with Gasteiger partial charge in [0.2, 0.25) is 0 Å². The topological polar surface area (TPSA) is 50.9 Å². The van der Waals surface area contributed by atoms with E-state index in [0.717, 1.165) is 30.0 Å². The monoisotopic (exact) mass is 251 g/mol. The van der Waals surface area contributed by atoms with E-state index < -0.39 is 6.10 Å². The highest BCUT2D eigenvalue weighted by Crippen LogP contribution is 2.28. The van der Waals surface area contributed by atoms with Crippen molar-refractivity contribution in [3.05, 3.63) is 33.8 Å². The van der Waals surface area contributed by atoms with Crippen molar-refractivity contribution in [1.29, 1.82) is 0 Å². The molecule has 0 bridgehead atoms. The number of aromatic nitrogens is 3. The van der Waals surface area contributed by atoms with Crippen LogP contribution in [-0.2, 0) is 13.0 Å². The zero-order chi connectivity index (χ0) is 12.3. The summed E-state index contributed by atoms with van der Waals surface area (Å²) >= 11 is 1.65. The zero-order valence-electron chi connectivity index (χ0n) is 10.1. The maximum Gasteiger partial charge on any atom is 0.131 e. The number of aliphatic hydroxyl groups excluding tert-OH is 1. The van der Waals surface area contributed by atoms with Gasteiger partial charge in [-0.25, -0.2) is 4.68 Å². The van der Waals surface area contributed by atoms with E-state index in [9.17, 15) is 5.11 Å². The van der Waals surface area contributed by atoms with Crippen LogP contribution in [0.5, 0.6) is 0 Å². The van der Waals surface area contributed by atoms with Crippen LogP contribution < -0.4 is 0 Å². The van der Waals surface area contributed by atoms with Crippen molar-refractivity contribution in [2.24, 2.45) is 0 Å². The van der Waals surface area contributed by atoms with Gasteiger partial charge >= 0.3 is 0 Å². The van der Waals surface area contributed by atoms with E-state index >= 15 is 0 Å². The van der Waals surface area contributed by atoms with Crippen molar-refractivity contribution >= 4 is 11.3 Å². The minimum absolute atomic E-state index is 0.609. The summed E-state index contributed by atoms with van der Waals surface area (Å²) in [4.78, 5) is 2.25. The Morgan fingerprint density at radius 2 is 2.24 bits per heavy atom. The van der Waals surface area contributed by atoms with Gasteiger partial charge in [-0.3, -0.25) is 0 Å². The Morgan fingerprint density at radius 1 is 1.41 bits per heavy atom. The lowest BCUT2D eigenvalue weighted by Crippen LogP contribution is -2.09. The third-order valence-electron chi connectivity index (χ3n) is 2.66. The van der Waals surface area contributed by atoms with Crippen LogP contribution in [-0.4, -0.2) is 20.1 Å². The second kappa shape index (κ2) is 5.42. The van der Waals surface area contributed by atoms with E-state index in [1.807, 2.05) is 6.07 Å². The fraction of sp³-hybridized carbons (Fsp3) is 0.500. The molecule has 0 aliphatic rings. The molecule has 0 spiro atoms. The van der Waals surface area contributed by atoms with Crippen LogP contribution in [0.2, 0.25) is 0 Å². The predicted octanol–water partition coefficient (Wildman–Crippen LogP) is 2.39. The van der Waals surface area contributed by atoms with E-state index in [1.165, 1.54) is 4.88 Å². The Morgan fingerprint density at radius 3 is 2.88 bits per heavy atom. The second-order valence-corrected chi connectivity index (χ2v) is 5.14. The summed E-state index contributed by atoms with van der Waals surface area (Å²) in [6.07, 6.45) is 3.02. The molecule has 0 radical (unpaired) electrons. The van der Waals surface area contributed by atoms with Crippen molar-refractivity contribution < 1.29 is 5.11 Å². The molecule has 1 atom stereocenters. The SMILES string of the molecule is CCCn1nncc1C(O)c1ccc(CC)s1. The van der Waals surface area contributed by atoms with Crippen LogP contribution in [0.1, 0.15) is 41.8 Å². The molecule has 0 fully saturated rings. The van der Waals surface area contributed by atoms with Gasteiger partial charge in [-0.2, -0.15) is 0 Å². The predicted molar refractivity (Wildman–Crippen MR) is 68.1 cm³/mol. The maximum atomic E-state index is 10.3. The zero-order valence-corrected chi connectivity index (χ0v) is 10.9. The number of aliphatic hydroxyl groups is 1. The van der Waals surface area contributed by atoms with Gasteiger partial charge in [0.15, 0.2) is 0 Å². The molecule has 17 heavy (non-hydrogen) atoms. The minimum Gasteiger partial charge on any atom is -0.381 e. The number of aryl methyl sites for hydroxylation is 2. The molecule has 2 heterocycles. The Kier molecular flexibility index (Phi) is 3.91. The standard InChI is InChI=1S/C12H17N3OS/c1-3-7-15-10(8-13-14-15)12(16)11-6-5-9(4-2)17-11/h5-6,8,12,16H,3-4,7H2,1-2H3. The summed E-state index contributed by atoms with van der Waals surface area (Å²) in [5.74, 6) is 0. The number of hydrogen-bond donors (Lipinski definition) is 1. The van der Waals surface area contributed by atoms with E-state index in [1.54, 1.807) is 22.2 Å². The maximum absolute atomic E-state index is 10.3. The highest BCUT2D eigenvalue weighted by Gasteiger charge is 2.17. The first-order valence-corrected chi connectivity index (χ1v) is 6.73. The van der Waals surface area contributed by atoms with Gasteiger partial charge in [0.1, 0.15) is 6.10 Å². The largest absolute Gasteiger partial charge is 0.381 e. The van der Waals surface area contributed by atoms with E-state index in [4.69, 9.17) is 0 Å². The van der Waals surface area contributed by atoms with Crippen molar-refractivity contribution in [3.63, 3.8) is 0 Å². The molecule has 0 saturated carbocycles. The van der Waals surface area contributed by atoms with Crippen LogP contribution in [0.15, 0.2) is 18.3 Å². The molecule has 92 valence electrons. The van der Waals surface area contributed by atoms with Gasteiger partial charge in [-0.05, 0) is 25.0 Å². The van der Waals surface area contributed by atoms with Crippen LogP contribution in [0.4, 0.5) is 0 Å². The first-order valence-electron chi connectivity index (χ1n) is 5.91. The van der Waals surface area contributed by atoms with Gasteiger partial charge in [0.05, 0.1) is 11.9 Å². The average Bonchev–Trinajstić information content (AvgIpc) is 2.97. The highest BCUT2D eigenvalue weighted by molar-refractivity contribution is 7.12. The third kappa shape index (κ3) is 2.56. The lowest BCUT2D eigenvalue weighted by Gasteiger charge is -2.09. The molecule has 4 nitrogen and oxygen atoms in total. The average molecular weight is 251 g/mol. The van der Waals surface area contributed by atoms with Crippen molar-refractivity contribution in [2.45, 2.75) is 39.3 Å². The first kappa shape index (κ1) is 12.3. The molecule has 2 aromatic rings. The fourth-order valence-corrected chi connectivity index (χ4v) is 2.69. The van der Waals surface area contributed by atoms with Crippen molar-refractivity contribution in [2.75, 3.05) is 0 Å². The van der Waals surface area contributed by atoms with E-state index in [-0.39, 0.29) is 0 Å². The van der Waals surface area contributed by atoms with Gasteiger partial charge in [-0.15, -0.1) is 16.4 Å². The smallest absolute Gasteiger partial charge is 0.131 e. The lowest BCUT2D eigenvalue weighted by atomic mass is 10.2. The quantitative estimate of drug-likeness (QED) is 0.887.